The summed E-state index contributed by atoms with van der Waals surface area (Å²) in [4.78, 5) is 17.1. The van der Waals surface area contributed by atoms with Gasteiger partial charge in [0.15, 0.2) is 5.78 Å². The summed E-state index contributed by atoms with van der Waals surface area (Å²) < 4.78 is 5.96. The molecule has 3 aromatic rings. The van der Waals surface area contributed by atoms with Crippen LogP contribution in [0.25, 0.3) is 11.1 Å². The third-order valence-corrected chi connectivity index (χ3v) is 4.93. The molecule has 1 aliphatic rings. The number of hydrogen-bond donors (Lipinski definition) is 0. The molecule has 0 N–H and O–H groups in total. The molecular formula is C23H20ClNO2. The molecule has 136 valence electrons. The maximum Gasteiger partial charge on any atom is 0.221 e. The predicted octanol–water partition coefficient (Wildman–Crippen LogP) is 5.62. The van der Waals surface area contributed by atoms with E-state index in [0.717, 1.165) is 16.7 Å². The van der Waals surface area contributed by atoms with Crippen LogP contribution in [0.15, 0.2) is 66.9 Å². The van der Waals surface area contributed by atoms with E-state index in [0.29, 0.717) is 35.4 Å². The van der Waals surface area contributed by atoms with Crippen molar-refractivity contribution in [2.45, 2.75) is 19.3 Å². The van der Waals surface area contributed by atoms with Crippen LogP contribution in [0.4, 0.5) is 0 Å². The second-order valence-corrected chi connectivity index (χ2v) is 7.36. The van der Waals surface area contributed by atoms with Crippen LogP contribution in [0.2, 0.25) is 5.02 Å². The average molecular weight is 378 g/mol. The van der Waals surface area contributed by atoms with Gasteiger partial charge in [-0.1, -0.05) is 54.1 Å². The van der Waals surface area contributed by atoms with Crippen molar-refractivity contribution in [2.75, 3.05) is 6.61 Å². The number of hydrogen-bond acceptors (Lipinski definition) is 3. The molecule has 4 heteroatoms. The monoisotopic (exact) mass is 377 g/mol. The zero-order valence-electron chi connectivity index (χ0n) is 14.9. The summed E-state index contributed by atoms with van der Waals surface area (Å²) in [5.74, 6) is 1.33. The first-order chi connectivity index (χ1) is 13.2. The molecular weight excluding hydrogens is 358 g/mol. The third kappa shape index (κ3) is 4.55. The molecule has 1 saturated carbocycles. The highest BCUT2D eigenvalue weighted by molar-refractivity contribution is 6.30. The van der Waals surface area contributed by atoms with Crippen molar-refractivity contribution in [3.63, 3.8) is 0 Å². The molecule has 0 spiro atoms. The van der Waals surface area contributed by atoms with Crippen LogP contribution in [-0.4, -0.2) is 17.4 Å². The Kier molecular flexibility index (Phi) is 5.21. The Morgan fingerprint density at radius 1 is 1.07 bits per heavy atom. The van der Waals surface area contributed by atoms with Gasteiger partial charge in [0.2, 0.25) is 5.88 Å². The molecule has 0 atom stereocenters. The van der Waals surface area contributed by atoms with Crippen LogP contribution >= 0.6 is 11.6 Å². The van der Waals surface area contributed by atoms with E-state index >= 15 is 0 Å². The van der Waals surface area contributed by atoms with Gasteiger partial charge in [0.1, 0.15) is 0 Å². The highest BCUT2D eigenvalue weighted by Crippen LogP contribution is 2.33. The lowest BCUT2D eigenvalue weighted by Gasteiger charge is -2.12. The van der Waals surface area contributed by atoms with Gasteiger partial charge >= 0.3 is 0 Å². The molecule has 3 nitrogen and oxygen atoms in total. The number of halogens is 1. The highest BCUT2D eigenvalue weighted by Gasteiger charge is 2.23. The number of Topliss-reactive ketones (excluding diaryl/α,β-unsaturated/α-hetero) is 1. The fourth-order valence-corrected chi connectivity index (χ4v) is 3.06. The lowest BCUT2D eigenvalue weighted by atomic mass is 10.0. The Bertz CT molecular complexity index is 934. The van der Waals surface area contributed by atoms with E-state index in [1.165, 1.54) is 12.8 Å². The number of ether oxygens (including phenoxy) is 1. The maximum absolute atomic E-state index is 12.5. The number of nitrogens with zero attached hydrogens (tertiary/aromatic N) is 1. The van der Waals surface area contributed by atoms with Crippen molar-refractivity contribution >= 4 is 17.4 Å². The van der Waals surface area contributed by atoms with Crippen molar-refractivity contribution in [3.05, 3.63) is 83.0 Å². The summed E-state index contributed by atoms with van der Waals surface area (Å²) >= 11 is 6.03. The molecule has 0 aliphatic heterocycles. The van der Waals surface area contributed by atoms with Gasteiger partial charge in [0.05, 0.1) is 6.61 Å². The van der Waals surface area contributed by atoms with Gasteiger partial charge in [0.25, 0.3) is 0 Å². The molecule has 1 heterocycles. The van der Waals surface area contributed by atoms with Crippen molar-refractivity contribution < 1.29 is 9.53 Å². The first kappa shape index (κ1) is 17.7. The zero-order valence-corrected chi connectivity index (χ0v) is 15.7. The largest absolute Gasteiger partial charge is 0.477 e. The number of aromatic nitrogens is 1. The molecule has 0 amide bonds. The van der Waals surface area contributed by atoms with E-state index in [1.807, 2.05) is 60.7 Å². The maximum atomic E-state index is 12.5. The van der Waals surface area contributed by atoms with Crippen LogP contribution in [0.3, 0.4) is 0 Å². The normalized spacial score (nSPS) is 13.4. The van der Waals surface area contributed by atoms with E-state index in [-0.39, 0.29) is 5.78 Å². The Morgan fingerprint density at radius 3 is 2.52 bits per heavy atom. The lowest BCUT2D eigenvalue weighted by Crippen LogP contribution is -2.06. The minimum Gasteiger partial charge on any atom is -0.477 e. The third-order valence-electron chi connectivity index (χ3n) is 4.68. The van der Waals surface area contributed by atoms with Gasteiger partial charge in [-0.15, -0.1) is 0 Å². The number of rotatable bonds is 7. The van der Waals surface area contributed by atoms with Crippen LogP contribution < -0.4 is 4.74 Å². The summed E-state index contributed by atoms with van der Waals surface area (Å²) in [6, 6.07) is 18.9. The van der Waals surface area contributed by atoms with Gasteiger partial charge in [-0.05, 0) is 48.1 Å². The molecule has 0 bridgehead atoms. The molecule has 0 saturated heterocycles. The number of pyridine rings is 1. The second-order valence-electron chi connectivity index (χ2n) is 6.92. The summed E-state index contributed by atoms with van der Waals surface area (Å²) in [7, 11) is 0. The molecule has 0 unspecified atom stereocenters. The van der Waals surface area contributed by atoms with Gasteiger partial charge in [-0.3, -0.25) is 4.79 Å². The number of carbonyl (C=O) groups is 1. The second kappa shape index (κ2) is 7.93. The van der Waals surface area contributed by atoms with E-state index in [4.69, 9.17) is 16.3 Å². The smallest absolute Gasteiger partial charge is 0.221 e. The van der Waals surface area contributed by atoms with Crippen molar-refractivity contribution in [2.24, 2.45) is 5.92 Å². The highest BCUT2D eigenvalue weighted by atomic mass is 35.5. The van der Waals surface area contributed by atoms with Crippen molar-refractivity contribution in [1.29, 1.82) is 0 Å². The first-order valence-electron chi connectivity index (χ1n) is 9.15. The molecule has 1 aliphatic carbocycles. The molecule has 4 rings (SSSR count). The Balaban J connectivity index is 1.61. The van der Waals surface area contributed by atoms with Crippen LogP contribution in [-0.2, 0) is 6.42 Å². The topological polar surface area (TPSA) is 39.2 Å². The van der Waals surface area contributed by atoms with Crippen LogP contribution in [0, 0.1) is 5.92 Å². The van der Waals surface area contributed by atoms with Crippen molar-refractivity contribution in [3.8, 4) is 17.0 Å². The standard InChI is InChI=1S/C23H20ClNO2/c24-20-10-8-18(9-11-20)21-12-17(13-22(26)19-4-2-1-3-5-19)14-25-23(21)27-15-16-6-7-16/h1-5,8-12,14,16H,6-7,13,15H2. The number of ketones is 1. The van der Waals surface area contributed by atoms with E-state index < -0.39 is 0 Å². The average Bonchev–Trinajstić information content (AvgIpc) is 3.53. The Labute approximate surface area is 164 Å². The predicted molar refractivity (Wildman–Crippen MR) is 107 cm³/mol. The summed E-state index contributed by atoms with van der Waals surface area (Å²) in [5, 5.41) is 0.683. The number of benzene rings is 2. The Hall–Kier alpha value is -2.65. The fourth-order valence-electron chi connectivity index (χ4n) is 2.94. The quantitative estimate of drug-likeness (QED) is 0.502. The molecule has 27 heavy (non-hydrogen) atoms. The van der Waals surface area contributed by atoms with Gasteiger partial charge in [0, 0.05) is 28.8 Å². The van der Waals surface area contributed by atoms with Crippen molar-refractivity contribution in [1.82, 2.24) is 4.98 Å². The first-order valence-corrected chi connectivity index (χ1v) is 9.53. The minimum absolute atomic E-state index is 0.0751. The van der Waals surface area contributed by atoms with E-state index in [2.05, 4.69) is 4.98 Å². The van der Waals surface area contributed by atoms with Gasteiger partial charge in [-0.25, -0.2) is 4.98 Å². The summed E-state index contributed by atoms with van der Waals surface area (Å²) in [6.45, 7) is 0.690. The van der Waals surface area contributed by atoms with Crippen LogP contribution in [0.1, 0.15) is 28.8 Å². The van der Waals surface area contributed by atoms with Gasteiger partial charge < -0.3 is 4.74 Å². The Morgan fingerprint density at radius 2 is 1.81 bits per heavy atom. The molecule has 1 fully saturated rings. The molecule has 1 aromatic heterocycles. The van der Waals surface area contributed by atoms with E-state index in [9.17, 15) is 4.79 Å². The van der Waals surface area contributed by atoms with E-state index in [1.54, 1.807) is 6.20 Å². The lowest BCUT2D eigenvalue weighted by molar-refractivity contribution is 0.0993. The summed E-state index contributed by atoms with van der Waals surface area (Å²) in [5.41, 5.74) is 3.45. The minimum atomic E-state index is 0.0751. The summed E-state index contributed by atoms with van der Waals surface area (Å²) in [6.07, 6.45) is 4.49. The van der Waals surface area contributed by atoms with Crippen LogP contribution in [0.5, 0.6) is 5.88 Å². The molecule has 2 aromatic carbocycles. The molecule has 0 radical (unpaired) electrons. The van der Waals surface area contributed by atoms with Gasteiger partial charge in [-0.2, -0.15) is 0 Å². The fraction of sp³-hybridized carbons (Fsp3) is 0.217. The SMILES string of the molecule is O=C(Cc1cnc(OCC2CC2)c(-c2ccc(Cl)cc2)c1)c1ccccc1. The zero-order chi connectivity index (χ0) is 18.6. The number of carbonyl (C=O) groups excluding carboxylic acids is 1.